The molecule has 19 heavy (non-hydrogen) atoms. The Labute approximate surface area is 112 Å². The summed E-state index contributed by atoms with van der Waals surface area (Å²) >= 11 is 0. The van der Waals surface area contributed by atoms with Crippen molar-refractivity contribution >= 4 is 5.97 Å². The molecule has 0 atom stereocenters. The molecule has 102 valence electrons. The van der Waals surface area contributed by atoms with E-state index in [1.165, 1.54) is 6.07 Å². The fourth-order valence-corrected chi connectivity index (χ4v) is 1.19. The molecule has 1 rings (SSSR count). The Kier molecular flexibility index (Phi) is 6.97. The van der Waals surface area contributed by atoms with Gasteiger partial charge in [0.25, 0.3) is 0 Å². The van der Waals surface area contributed by atoms with Crippen molar-refractivity contribution in [3.8, 4) is 0 Å². The molecule has 1 heterocycles. The van der Waals surface area contributed by atoms with Crippen molar-refractivity contribution in [1.29, 1.82) is 0 Å². The molecule has 0 saturated heterocycles. The molecule has 1 aromatic rings. The lowest BCUT2D eigenvalue weighted by atomic mass is 10.4. The second kappa shape index (κ2) is 8.88. The second-order valence-corrected chi connectivity index (χ2v) is 3.46. The fraction of sp³-hybridized carbons (Fsp3) is 0.286. The van der Waals surface area contributed by atoms with E-state index in [9.17, 15) is 4.79 Å². The first-order valence-corrected chi connectivity index (χ1v) is 5.92. The predicted octanol–water partition coefficient (Wildman–Crippen LogP) is 2.67. The van der Waals surface area contributed by atoms with E-state index >= 15 is 0 Å². The molecule has 0 bridgehead atoms. The van der Waals surface area contributed by atoms with Crippen LogP contribution in [-0.2, 0) is 16.1 Å². The number of aromatic nitrogens is 1. The number of carbonyl (C=O) groups is 1. The van der Waals surface area contributed by atoms with E-state index in [1.807, 2.05) is 24.3 Å². The van der Waals surface area contributed by atoms with Crippen LogP contribution in [0.25, 0.3) is 0 Å². The summed E-state index contributed by atoms with van der Waals surface area (Å²) in [5.74, 6) is -0.00922. The van der Waals surface area contributed by atoms with Gasteiger partial charge in [-0.3, -0.25) is 0 Å². The SMILES string of the molecule is C=C/C=C\C=C\COCc1cc(C(=O)OCC)no1. The predicted molar refractivity (Wildman–Crippen MR) is 70.6 cm³/mol. The highest BCUT2D eigenvalue weighted by Gasteiger charge is 2.12. The van der Waals surface area contributed by atoms with E-state index in [0.29, 0.717) is 19.0 Å². The van der Waals surface area contributed by atoms with Gasteiger partial charge in [-0.05, 0) is 6.92 Å². The molecular weight excluding hydrogens is 246 g/mol. The lowest BCUT2D eigenvalue weighted by Gasteiger charge is -1.95. The van der Waals surface area contributed by atoms with E-state index in [1.54, 1.807) is 13.0 Å². The minimum absolute atomic E-state index is 0.157. The lowest BCUT2D eigenvalue weighted by molar-refractivity contribution is 0.0514. The van der Waals surface area contributed by atoms with E-state index < -0.39 is 5.97 Å². The van der Waals surface area contributed by atoms with Crippen molar-refractivity contribution in [1.82, 2.24) is 5.16 Å². The molecule has 0 aliphatic rings. The third-order valence-corrected chi connectivity index (χ3v) is 2.00. The van der Waals surface area contributed by atoms with Gasteiger partial charge in [0, 0.05) is 6.07 Å². The van der Waals surface area contributed by atoms with Gasteiger partial charge < -0.3 is 14.0 Å². The number of nitrogens with zero attached hydrogens (tertiary/aromatic N) is 1. The Morgan fingerprint density at radius 3 is 3.05 bits per heavy atom. The summed E-state index contributed by atoms with van der Waals surface area (Å²) in [7, 11) is 0. The zero-order valence-corrected chi connectivity index (χ0v) is 10.9. The molecule has 0 amide bonds. The number of ether oxygens (including phenoxy) is 2. The first-order chi connectivity index (χ1) is 9.27. The van der Waals surface area contributed by atoms with Crippen LogP contribution >= 0.6 is 0 Å². The zero-order valence-electron chi connectivity index (χ0n) is 10.9. The molecular formula is C14H17NO4. The highest BCUT2D eigenvalue weighted by Crippen LogP contribution is 2.06. The van der Waals surface area contributed by atoms with Gasteiger partial charge in [-0.1, -0.05) is 42.1 Å². The molecule has 0 aliphatic heterocycles. The molecule has 0 aliphatic carbocycles. The van der Waals surface area contributed by atoms with Crippen LogP contribution in [0.2, 0.25) is 0 Å². The van der Waals surface area contributed by atoms with Crippen molar-refractivity contribution in [2.24, 2.45) is 0 Å². The second-order valence-electron chi connectivity index (χ2n) is 3.46. The van der Waals surface area contributed by atoms with Crippen LogP contribution in [-0.4, -0.2) is 24.3 Å². The number of hydrogen-bond acceptors (Lipinski definition) is 5. The van der Waals surface area contributed by atoms with Crippen LogP contribution in [0.3, 0.4) is 0 Å². The minimum atomic E-state index is -0.494. The van der Waals surface area contributed by atoms with Crippen molar-refractivity contribution in [2.45, 2.75) is 13.5 Å². The first kappa shape index (κ1) is 14.9. The number of rotatable bonds is 8. The molecule has 1 aromatic heterocycles. The van der Waals surface area contributed by atoms with Crippen LogP contribution in [0.1, 0.15) is 23.2 Å². The van der Waals surface area contributed by atoms with E-state index in [-0.39, 0.29) is 12.3 Å². The maximum absolute atomic E-state index is 11.3. The smallest absolute Gasteiger partial charge is 0.360 e. The molecule has 0 N–H and O–H groups in total. The first-order valence-electron chi connectivity index (χ1n) is 5.92. The maximum Gasteiger partial charge on any atom is 0.360 e. The average Bonchev–Trinajstić information content (AvgIpc) is 2.87. The fourth-order valence-electron chi connectivity index (χ4n) is 1.19. The third-order valence-electron chi connectivity index (χ3n) is 2.00. The summed E-state index contributed by atoms with van der Waals surface area (Å²) in [4.78, 5) is 11.3. The van der Waals surface area contributed by atoms with Crippen molar-refractivity contribution in [3.05, 3.63) is 54.5 Å². The van der Waals surface area contributed by atoms with Gasteiger partial charge in [-0.25, -0.2) is 4.79 Å². The number of carbonyl (C=O) groups excluding carboxylic acids is 1. The molecule has 0 unspecified atom stereocenters. The van der Waals surface area contributed by atoms with E-state index in [2.05, 4.69) is 11.7 Å². The quantitative estimate of drug-likeness (QED) is 0.410. The maximum atomic E-state index is 11.3. The summed E-state index contributed by atoms with van der Waals surface area (Å²) < 4.78 is 15.1. The summed E-state index contributed by atoms with van der Waals surface area (Å²) in [5.41, 5.74) is 0.157. The topological polar surface area (TPSA) is 61.6 Å². The Morgan fingerprint density at radius 2 is 2.32 bits per heavy atom. The Hall–Kier alpha value is -2.14. The van der Waals surface area contributed by atoms with Gasteiger partial charge in [-0.2, -0.15) is 0 Å². The minimum Gasteiger partial charge on any atom is -0.461 e. The number of allylic oxidation sites excluding steroid dienone is 4. The van der Waals surface area contributed by atoms with Gasteiger partial charge in [0.15, 0.2) is 11.5 Å². The highest BCUT2D eigenvalue weighted by molar-refractivity contribution is 5.87. The monoisotopic (exact) mass is 263 g/mol. The molecule has 5 heteroatoms. The molecule has 0 spiro atoms. The molecule has 0 saturated carbocycles. The zero-order chi connectivity index (χ0) is 13.9. The average molecular weight is 263 g/mol. The number of hydrogen-bond donors (Lipinski definition) is 0. The molecule has 0 aromatic carbocycles. The molecule has 5 nitrogen and oxygen atoms in total. The summed E-state index contributed by atoms with van der Waals surface area (Å²) in [5, 5.41) is 3.60. The van der Waals surface area contributed by atoms with E-state index in [4.69, 9.17) is 14.0 Å². The van der Waals surface area contributed by atoms with E-state index in [0.717, 1.165) is 0 Å². The third kappa shape index (κ3) is 5.83. The molecule has 0 radical (unpaired) electrons. The van der Waals surface area contributed by atoms with Gasteiger partial charge in [0.1, 0.15) is 6.61 Å². The largest absolute Gasteiger partial charge is 0.461 e. The van der Waals surface area contributed by atoms with Gasteiger partial charge in [0.05, 0.1) is 13.2 Å². The summed E-state index contributed by atoms with van der Waals surface area (Å²) in [6, 6.07) is 1.51. The van der Waals surface area contributed by atoms with Crippen molar-refractivity contribution in [2.75, 3.05) is 13.2 Å². The normalized spacial score (nSPS) is 11.2. The van der Waals surface area contributed by atoms with Crippen molar-refractivity contribution < 1.29 is 18.8 Å². The highest BCUT2D eigenvalue weighted by atomic mass is 16.5. The summed E-state index contributed by atoms with van der Waals surface area (Å²) in [6.45, 7) is 6.29. The summed E-state index contributed by atoms with van der Waals surface area (Å²) in [6.07, 6.45) is 9.06. The van der Waals surface area contributed by atoms with Crippen LogP contribution < -0.4 is 0 Å². The van der Waals surface area contributed by atoms with Crippen LogP contribution in [0.5, 0.6) is 0 Å². The Bertz CT molecular complexity index is 460. The van der Waals surface area contributed by atoms with Crippen LogP contribution in [0, 0.1) is 0 Å². The standard InChI is InChI=1S/C14H17NO4/c1-3-5-6-7-8-9-17-11-12-10-13(15-19-12)14(16)18-4-2/h3,5-8,10H,1,4,9,11H2,2H3/b6-5-,8-7+. The lowest BCUT2D eigenvalue weighted by Crippen LogP contribution is -2.04. The van der Waals surface area contributed by atoms with Crippen molar-refractivity contribution in [3.63, 3.8) is 0 Å². The van der Waals surface area contributed by atoms with Crippen LogP contribution in [0.15, 0.2) is 47.5 Å². The Morgan fingerprint density at radius 1 is 1.47 bits per heavy atom. The van der Waals surface area contributed by atoms with Crippen LogP contribution in [0.4, 0.5) is 0 Å². The van der Waals surface area contributed by atoms with Gasteiger partial charge in [-0.15, -0.1) is 0 Å². The number of esters is 1. The molecule has 0 fully saturated rings. The van der Waals surface area contributed by atoms with Gasteiger partial charge in [0.2, 0.25) is 0 Å². The Balaban J connectivity index is 2.30. The van der Waals surface area contributed by atoms with Gasteiger partial charge >= 0.3 is 5.97 Å².